The van der Waals surface area contributed by atoms with Crippen LogP contribution in [0, 0.1) is 0 Å². The Morgan fingerprint density at radius 2 is 1.25 bits per heavy atom. The lowest BCUT2D eigenvalue weighted by atomic mass is 10.0. The molecule has 2 saturated heterocycles. The summed E-state index contributed by atoms with van der Waals surface area (Å²) in [5.41, 5.74) is -1.66. The topological polar surface area (TPSA) is 134 Å². The van der Waals surface area contributed by atoms with E-state index < -0.39 is 73.5 Å². The highest BCUT2D eigenvalue weighted by molar-refractivity contribution is 7.93. The summed E-state index contributed by atoms with van der Waals surface area (Å²) >= 11 is 0. The number of ether oxygens (including phenoxy) is 2. The van der Waals surface area contributed by atoms with Crippen molar-refractivity contribution in [2.75, 3.05) is 26.1 Å². The number of aromatic nitrogens is 1. The number of halogens is 6. The van der Waals surface area contributed by atoms with Crippen molar-refractivity contribution in [3.63, 3.8) is 0 Å². The Hall–Kier alpha value is -3.06. The summed E-state index contributed by atoms with van der Waals surface area (Å²) in [6.07, 6.45) is -7.50. The van der Waals surface area contributed by atoms with Crippen LogP contribution in [0.5, 0.6) is 0 Å². The van der Waals surface area contributed by atoms with Gasteiger partial charge in [-0.15, -0.1) is 0 Å². The lowest BCUT2D eigenvalue weighted by molar-refractivity contribution is -0.138. The molecule has 0 N–H and O–H groups in total. The minimum absolute atomic E-state index is 0.00553. The van der Waals surface area contributed by atoms with E-state index in [0.717, 1.165) is 42.8 Å². The predicted octanol–water partition coefficient (Wildman–Crippen LogP) is 5.86. The third kappa shape index (κ3) is 7.72. The smallest absolute Gasteiger partial charge is 0.380 e. The van der Waals surface area contributed by atoms with Crippen molar-refractivity contribution < 1.29 is 61.1 Å². The molecule has 2 aliphatic rings. The van der Waals surface area contributed by atoms with Crippen LogP contribution in [0.3, 0.4) is 0 Å². The van der Waals surface area contributed by atoms with Crippen LogP contribution in [-0.4, -0.2) is 65.8 Å². The lowest BCUT2D eigenvalue weighted by Gasteiger charge is -2.23. The monoisotopic (exact) mass is 743 g/mol. The van der Waals surface area contributed by atoms with Crippen molar-refractivity contribution in [3.8, 4) is 0 Å². The zero-order valence-electron chi connectivity index (χ0n) is 25.7. The number of alkyl halides is 6. The maximum Gasteiger partial charge on any atom is 0.416 e. The number of hydrogen-bond donors (Lipinski definition) is 0. The number of pyridine rings is 1. The van der Waals surface area contributed by atoms with Crippen molar-refractivity contribution in [1.82, 2.24) is 4.98 Å². The van der Waals surface area contributed by atoms with Gasteiger partial charge in [0.1, 0.15) is 10.9 Å². The van der Waals surface area contributed by atoms with Gasteiger partial charge in [-0.05, 0) is 68.8 Å². The van der Waals surface area contributed by atoms with E-state index in [2.05, 4.69) is 4.98 Å². The van der Waals surface area contributed by atoms with Gasteiger partial charge in [-0.1, -0.05) is 12.1 Å². The zero-order valence-corrected chi connectivity index (χ0v) is 28.1. The van der Waals surface area contributed by atoms with E-state index in [1.165, 1.54) is 32.0 Å². The molecule has 0 radical (unpaired) electrons. The van der Waals surface area contributed by atoms with Gasteiger partial charge >= 0.3 is 12.4 Å². The summed E-state index contributed by atoms with van der Waals surface area (Å²) in [5, 5.41) is 0. The normalized spacial score (nSPS) is 23.8. The minimum atomic E-state index is -4.66. The van der Waals surface area contributed by atoms with Crippen LogP contribution in [0.1, 0.15) is 49.6 Å². The molecule has 9 nitrogen and oxygen atoms in total. The number of benzene rings is 2. The van der Waals surface area contributed by atoms with E-state index >= 15 is 0 Å². The molecule has 0 aliphatic carbocycles. The number of hydrogen-bond acceptors (Lipinski definition) is 9. The fourth-order valence-corrected chi connectivity index (χ4v) is 9.04. The van der Waals surface area contributed by atoms with E-state index in [9.17, 15) is 51.6 Å². The van der Waals surface area contributed by atoms with Gasteiger partial charge in [0.2, 0.25) is 0 Å². The molecule has 2 aromatic carbocycles. The van der Waals surface area contributed by atoms with Crippen molar-refractivity contribution in [2.45, 2.75) is 69.3 Å². The predicted molar refractivity (Wildman–Crippen MR) is 160 cm³/mol. The van der Waals surface area contributed by atoms with Crippen molar-refractivity contribution in [1.29, 1.82) is 0 Å². The molecular weight excluding hydrogens is 713 g/mol. The molecule has 0 amide bonds. The van der Waals surface area contributed by atoms with Gasteiger partial charge in [0.25, 0.3) is 0 Å². The molecule has 2 aliphatic heterocycles. The highest BCUT2D eigenvalue weighted by atomic mass is 32.2. The van der Waals surface area contributed by atoms with E-state index in [0.29, 0.717) is 24.4 Å². The largest absolute Gasteiger partial charge is 0.416 e. The molecule has 3 heterocycles. The molecule has 0 bridgehead atoms. The van der Waals surface area contributed by atoms with E-state index in [-0.39, 0.29) is 35.8 Å². The fraction of sp³-hybridized carbons (Fsp3) is 0.433. The van der Waals surface area contributed by atoms with Crippen molar-refractivity contribution in [3.05, 3.63) is 83.7 Å². The van der Waals surface area contributed by atoms with Crippen LogP contribution in [0.2, 0.25) is 0 Å². The summed E-state index contributed by atoms with van der Waals surface area (Å²) in [5.74, 6) is 0. The van der Waals surface area contributed by atoms with Gasteiger partial charge in [0.15, 0.2) is 29.5 Å². The minimum Gasteiger partial charge on any atom is -0.380 e. The first-order chi connectivity index (χ1) is 21.9. The summed E-state index contributed by atoms with van der Waals surface area (Å²) in [4.78, 5) is 3.32. The van der Waals surface area contributed by atoms with Gasteiger partial charge in [-0.25, -0.2) is 25.3 Å². The third-order valence-electron chi connectivity index (χ3n) is 8.15. The molecule has 0 spiro atoms. The van der Waals surface area contributed by atoms with Crippen LogP contribution < -0.4 is 0 Å². The lowest BCUT2D eigenvalue weighted by Crippen LogP contribution is -2.36. The third-order valence-corrected chi connectivity index (χ3v) is 14.2. The number of nitrogens with zero attached hydrogens (tertiary/aromatic N) is 1. The highest BCUT2D eigenvalue weighted by Gasteiger charge is 2.49. The fourth-order valence-electron chi connectivity index (χ4n) is 5.07. The Labute approximate surface area is 274 Å². The van der Waals surface area contributed by atoms with Crippen LogP contribution >= 0.6 is 0 Å². The van der Waals surface area contributed by atoms with Crippen molar-refractivity contribution >= 4 is 29.5 Å². The molecule has 1 aromatic heterocycles. The Morgan fingerprint density at radius 3 is 1.67 bits per heavy atom. The Bertz CT molecular complexity index is 1980. The van der Waals surface area contributed by atoms with E-state index in [1.54, 1.807) is 0 Å². The zero-order chi connectivity index (χ0) is 36.0. The second-order valence-electron chi connectivity index (χ2n) is 12.0. The van der Waals surface area contributed by atoms with Gasteiger partial charge in [-0.3, -0.25) is 4.98 Å². The molecule has 264 valence electrons. The molecule has 5 rings (SSSR count). The Balaban J connectivity index is 0.000000237. The Morgan fingerprint density at radius 1 is 0.729 bits per heavy atom. The maximum atomic E-state index is 13.1. The molecule has 2 fully saturated rings. The summed E-state index contributed by atoms with van der Waals surface area (Å²) in [6.45, 7) is 2.98. The van der Waals surface area contributed by atoms with Gasteiger partial charge < -0.3 is 9.47 Å². The molecular formula is C30H31F6NO8S3. The Kier molecular flexibility index (Phi) is 10.2. The second kappa shape index (κ2) is 13.0. The van der Waals surface area contributed by atoms with Crippen LogP contribution in [0.25, 0.3) is 0 Å². The molecule has 3 atom stereocenters. The quantitative estimate of drug-likeness (QED) is 0.285. The van der Waals surface area contributed by atoms with Crippen LogP contribution in [0.15, 0.2) is 81.5 Å². The first kappa shape index (κ1) is 37.8. The average molecular weight is 744 g/mol. The van der Waals surface area contributed by atoms with E-state index in [4.69, 9.17) is 9.47 Å². The van der Waals surface area contributed by atoms with Crippen molar-refractivity contribution in [2.24, 2.45) is 0 Å². The number of sulfone groups is 3. The van der Waals surface area contributed by atoms with Gasteiger partial charge in [0, 0.05) is 25.5 Å². The van der Waals surface area contributed by atoms with Crippen LogP contribution in [-0.2, 0) is 51.3 Å². The first-order valence-corrected chi connectivity index (χ1v) is 19.0. The summed E-state index contributed by atoms with van der Waals surface area (Å²) < 4.78 is 159. The number of rotatable bonds is 6. The molecule has 0 saturated carbocycles. The maximum absolute atomic E-state index is 13.1. The van der Waals surface area contributed by atoms with Crippen LogP contribution in [0.4, 0.5) is 26.3 Å². The molecule has 3 aromatic rings. The first-order valence-electron chi connectivity index (χ1n) is 14.1. The molecule has 3 unspecified atom stereocenters. The van der Waals surface area contributed by atoms with E-state index in [1.807, 2.05) is 0 Å². The molecule has 18 heteroatoms. The summed E-state index contributed by atoms with van der Waals surface area (Å²) in [6, 6.07) is 10.2. The standard InChI is InChI=1S/C18H18F3NO5S2.C12H13F3O3S/c1-17(29(25,26)13-5-3-4-12(8-13)18(19,20)21)9-16(27-11-17)15-7-6-14(10-22-15)28(2,23)24;1-11(5-6-18-8-11)19(16,17)10-4-2-3-9(7-10)12(13,14)15/h3-8,10,16H,9,11H2,1-2H3;2-4,7H,5-6,8H2,1H3. The SMILES string of the molecule is CC1(S(=O)(=O)c2cccc(C(F)(F)F)c2)CCOC1.CC1(S(=O)(=O)c2cccc(C(F)(F)F)c2)COC(c2ccc(S(C)(=O)=O)cn2)C1. The second-order valence-corrected chi connectivity index (χ2v) is 18.9. The van der Waals surface area contributed by atoms with Gasteiger partial charge in [-0.2, -0.15) is 26.3 Å². The highest BCUT2D eigenvalue weighted by Crippen LogP contribution is 2.43. The molecule has 48 heavy (non-hydrogen) atoms. The average Bonchev–Trinajstić information content (AvgIpc) is 3.64. The summed E-state index contributed by atoms with van der Waals surface area (Å²) in [7, 11) is -11.4. The van der Waals surface area contributed by atoms with Gasteiger partial charge in [0.05, 0.1) is 49.5 Å².